The lowest BCUT2D eigenvalue weighted by Gasteiger charge is -2.16. The minimum Gasteiger partial charge on any atom is -0.481 e. The van der Waals surface area contributed by atoms with Crippen LogP contribution in [0.3, 0.4) is 0 Å². The van der Waals surface area contributed by atoms with Gasteiger partial charge >= 0.3 is 12.1 Å². The molecule has 118 valence electrons. The van der Waals surface area contributed by atoms with Gasteiger partial charge in [-0.15, -0.1) is 0 Å². The summed E-state index contributed by atoms with van der Waals surface area (Å²) in [4.78, 5) is 23.3. The number of amides is 1. The average molecular weight is 328 g/mol. The second kappa shape index (κ2) is 6.33. The second-order valence-corrected chi connectivity index (χ2v) is 4.72. The van der Waals surface area contributed by atoms with Crippen LogP contribution in [0, 0.1) is 0 Å². The van der Waals surface area contributed by atoms with Crippen LogP contribution in [0.2, 0.25) is 5.15 Å². The van der Waals surface area contributed by atoms with Crippen molar-refractivity contribution in [2.75, 3.05) is 13.6 Å². The van der Waals surface area contributed by atoms with Gasteiger partial charge in [0.1, 0.15) is 10.7 Å². The van der Waals surface area contributed by atoms with Crippen LogP contribution in [-0.4, -0.2) is 45.3 Å². The van der Waals surface area contributed by atoms with Gasteiger partial charge in [0.15, 0.2) is 5.69 Å². The van der Waals surface area contributed by atoms with Gasteiger partial charge in [0.05, 0.1) is 0 Å². The molecule has 1 heterocycles. The van der Waals surface area contributed by atoms with Crippen molar-refractivity contribution in [3.63, 3.8) is 0 Å². The van der Waals surface area contributed by atoms with Gasteiger partial charge in [-0.2, -0.15) is 18.3 Å². The van der Waals surface area contributed by atoms with Crippen LogP contribution in [-0.2, 0) is 18.0 Å². The average Bonchev–Trinajstić information content (AvgIpc) is 2.63. The smallest absolute Gasteiger partial charge is 0.421 e. The van der Waals surface area contributed by atoms with Gasteiger partial charge in [0.2, 0.25) is 0 Å². The number of carboxylic acids is 1. The third-order valence-electron chi connectivity index (χ3n) is 2.69. The molecule has 10 heteroatoms. The highest BCUT2D eigenvalue weighted by atomic mass is 35.5. The number of aliphatic carboxylic acids is 1. The Labute approximate surface area is 123 Å². The summed E-state index contributed by atoms with van der Waals surface area (Å²) >= 11 is 5.53. The number of hydrogen-bond donors (Lipinski definition) is 1. The number of carbonyl (C=O) groups excluding carboxylic acids is 1. The Balaban J connectivity index is 2.97. The Morgan fingerprint density at radius 1 is 1.43 bits per heavy atom. The van der Waals surface area contributed by atoms with E-state index in [0.717, 1.165) is 9.58 Å². The first-order valence-electron chi connectivity index (χ1n) is 5.82. The minimum atomic E-state index is -4.81. The molecule has 0 saturated carbocycles. The van der Waals surface area contributed by atoms with Gasteiger partial charge < -0.3 is 10.0 Å². The number of halogens is 4. The highest BCUT2D eigenvalue weighted by Gasteiger charge is 2.42. The van der Waals surface area contributed by atoms with E-state index in [1.54, 1.807) is 0 Å². The molecule has 1 N–H and O–H groups in total. The van der Waals surface area contributed by atoms with Gasteiger partial charge in [-0.25, -0.2) is 0 Å². The predicted molar refractivity (Wildman–Crippen MR) is 67.1 cm³/mol. The van der Waals surface area contributed by atoms with E-state index >= 15 is 0 Å². The molecule has 0 bridgehead atoms. The van der Waals surface area contributed by atoms with Crippen LogP contribution in [0.25, 0.3) is 0 Å². The van der Waals surface area contributed by atoms with Crippen LogP contribution in [0.5, 0.6) is 0 Å². The molecule has 1 amide bonds. The van der Waals surface area contributed by atoms with Crippen molar-refractivity contribution in [2.24, 2.45) is 7.05 Å². The number of carboxylic acid groups (broad SMARTS) is 1. The van der Waals surface area contributed by atoms with E-state index in [1.807, 2.05) is 0 Å². The zero-order valence-corrected chi connectivity index (χ0v) is 12.0. The minimum absolute atomic E-state index is 0.00335. The number of aromatic nitrogens is 2. The van der Waals surface area contributed by atoms with E-state index in [1.165, 1.54) is 14.1 Å². The summed E-state index contributed by atoms with van der Waals surface area (Å²) in [5, 5.41) is 11.3. The van der Waals surface area contributed by atoms with E-state index in [0.29, 0.717) is 0 Å². The molecule has 1 aromatic rings. The monoisotopic (exact) mass is 327 g/mol. The number of nitrogens with zero attached hydrogens (tertiary/aromatic N) is 3. The topological polar surface area (TPSA) is 75.4 Å². The quantitative estimate of drug-likeness (QED) is 0.898. The van der Waals surface area contributed by atoms with Crippen molar-refractivity contribution in [3.8, 4) is 0 Å². The fourth-order valence-electron chi connectivity index (χ4n) is 1.65. The molecule has 1 rings (SSSR count). The predicted octanol–water partition coefficient (Wildman–Crippen LogP) is 2.03. The number of carbonyl (C=O) groups is 2. The molecular weight excluding hydrogens is 315 g/mol. The molecule has 0 aliphatic carbocycles. The normalized spacial score (nSPS) is 11.5. The second-order valence-electron chi connectivity index (χ2n) is 4.36. The first-order valence-corrected chi connectivity index (χ1v) is 6.20. The number of rotatable bonds is 5. The van der Waals surface area contributed by atoms with Crippen molar-refractivity contribution < 1.29 is 27.9 Å². The van der Waals surface area contributed by atoms with Crippen LogP contribution >= 0.6 is 11.6 Å². The summed E-state index contributed by atoms with van der Waals surface area (Å²) in [6.07, 6.45) is -4.87. The lowest BCUT2D eigenvalue weighted by Crippen LogP contribution is -2.30. The van der Waals surface area contributed by atoms with Crippen LogP contribution in [0.15, 0.2) is 0 Å². The standard InChI is InChI=1S/C11H13ClF3N3O3/c1-17(5-3-4-6(19)20)10(21)8-7(11(13,14)15)9(12)18(2)16-8/h3-5H2,1-2H3,(H,19,20). The lowest BCUT2D eigenvalue weighted by molar-refractivity contribution is -0.138. The molecule has 0 atom stereocenters. The van der Waals surface area contributed by atoms with E-state index in [2.05, 4.69) is 5.10 Å². The molecule has 0 aliphatic heterocycles. The summed E-state index contributed by atoms with van der Waals surface area (Å²) in [7, 11) is 2.46. The van der Waals surface area contributed by atoms with Crippen LogP contribution < -0.4 is 0 Å². The van der Waals surface area contributed by atoms with Gasteiger partial charge in [-0.1, -0.05) is 11.6 Å². The first-order chi connectivity index (χ1) is 9.55. The van der Waals surface area contributed by atoms with E-state index in [-0.39, 0.29) is 19.4 Å². The highest BCUT2D eigenvalue weighted by molar-refractivity contribution is 6.31. The first kappa shape index (κ1) is 17.3. The van der Waals surface area contributed by atoms with E-state index < -0.39 is 34.5 Å². The van der Waals surface area contributed by atoms with Crippen LogP contribution in [0.4, 0.5) is 13.2 Å². The number of hydrogen-bond acceptors (Lipinski definition) is 3. The maximum absolute atomic E-state index is 12.9. The maximum Gasteiger partial charge on any atom is 0.421 e. The zero-order chi connectivity index (χ0) is 16.4. The molecule has 0 unspecified atom stereocenters. The van der Waals surface area contributed by atoms with Gasteiger partial charge in [0.25, 0.3) is 5.91 Å². The summed E-state index contributed by atoms with van der Waals surface area (Å²) in [5.41, 5.74) is -2.09. The Hall–Kier alpha value is -1.77. The van der Waals surface area contributed by atoms with Gasteiger partial charge in [-0.05, 0) is 6.42 Å². The lowest BCUT2D eigenvalue weighted by atomic mass is 10.2. The van der Waals surface area contributed by atoms with Crippen molar-refractivity contribution in [3.05, 3.63) is 16.4 Å². The van der Waals surface area contributed by atoms with E-state index in [4.69, 9.17) is 16.7 Å². The largest absolute Gasteiger partial charge is 0.481 e. The Kier molecular flexibility index (Phi) is 5.21. The molecule has 6 nitrogen and oxygen atoms in total. The van der Waals surface area contributed by atoms with Gasteiger partial charge in [0, 0.05) is 27.1 Å². The molecule has 1 aromatic heterocycles. The Morgan fingerprint density at radius 3 is 2.48 bits per heavy atom. The number of aryl methyl sites for hydroxylation is 1. The fraction of sp³-hybridized carbons (Fsp3) is 0.545. The molecule has 0 aromatic carbocycles. The molecular formula is C11H13ClF3N3O3. The third kappa shape index (κ3) is 4.10. The summed E-state index contributed by atoms with van der Waals surface area (Å²) in [6, 6.07) is 0. The zero-order valence-electron chi connectivity index (χ0n) is 11.2. The van der Waals surface area contributed by atoms with E-state index in [9.17, 15) is 22.8 Å². The maximum atomic E-state index is 12.9. The Bertz CT molecular complexity index is 557. The summed E-state index contributed by atoms with van der Waals surface area (Å²) in [6.45, 7) is -0.00335. The van der Waals surface area contributed by atoms with Crippen molar-refractivity contribution >= 4 is 23.5 Å². The highest BCUT2D eigenvalue weighted by Crippen LogP contribution is 2.37. The molecule has 0 fully saturated rings. The Morgan fingerprint density at radius 2 is 2.00 bits per heavy atom. The van der Waals surface area contributed by atoms with Crippen molar-refractivity contribution in [1.82, 2.24) is 14.7 Å². The summed E-state index contributed by atoms with van der Waals surface area (Å²) in [5.74, 6) is -2.01. The molecule has 0 spiro atoms. The third-order valence-corrected chi connectivity index (χ3v) is 3.13. The van der Waals surface area contributed by atoms with Crippen molar-refractivity contribution in [2.45, 2.75) is 19.0 Å². The van der Waals surface area contributed by atoms with Crippen LogP contribution in [0.1, 0.15) is 28.9 Å². The number of alkyl halides is 3. The molecule has 0 radical (unpaired) electrons. The fourth-order valence-corrected chi connectivity index (χ4v) is 1.89. The molecule has 21 heavy (non-hydrogen) atoms. The van der Waals surface area contributed by atoms with Crippen molar-refractivity contribution in [1.29, 1.82) is 0 Å². The molecule has 0 saturated heterocycles. The summed E-state index contributed by atoms with van der Waals surface area (Å²) < 4.78 is 39.5. The molecule has 0 aliphatic rings. The van der Waals surface area contributed by atoms with Gasteiger partial charge in [-0.3, -0.25) is 14.3 Å². The SMILES string of the molecule is CN(CCCC(=O)O)C(=O)c1nn(C)c(Cl)c1C(F)(F)F.